The standard InChI is InChI=1S/C18H16F5N3O4/c1-30-10-3-11(19)16(12(20)4-10)9-2-15(28)25(6-9)13-5-24-8-26(17(13)29)14(7-27)18(21,22)23/h3-5,8-9,14,27H,2,6-7H2,1H3. The summed E-state index contributed by atoms with van der Waals surface area (Å²) in [5, 5.41) is 9.06. The maximum atomic E-state index is 14.4. The lowest BCUT2D eigenvalue weighted by Gasteiger charge is -2.22. The predicted octanol–water partition coefficient (Wildman–Crippen LogP) is 2.15. The number of ether oxygens (including phenoxy) is 1. The van der Waals surface area contributed by atoms with E-state index >= 15 is 0 Å². The molecule has 0 radical (unpaired) electrons. The van der Waals surface area contributed by atoms with Gasteiger partial charge in [-0.3, -0.25) is 14.2 Å². The molecule has 2 unspecified atom stereocenters. The van der Waals surface area contributed by atoms with Crippen LogP contribution in [0, 0.1) is 11.6 Å². The number of anilines is 1. The van der Waals surface area contributed by atoms with E-state index in [0.29, 0.717) is 6.33 Å². The number of hydrogen-bond acceptors (Lipinski definition) is 5. The second-order valence-electron chi connectivity index (χ2n) is 6.64. The molecule has 1 aliphatic heterocycles. The number of carbonyl (C=O) groups is 1. The SMILES string of the molecule is COc1cc(F)c(C2CC(=O)N(c3cncn(C(CO)C(F)(F)F)c3=O)C2)c(F)c1. The van der Waals surface area contributed by atoms with Gasteiger partial charge in [-0.25, -0.2) is 13.8 Å². The maximum absolute atomic E-state index is 14.4. The summed E-state index contributed by atoms with van der Waals surface area (Å²) < 4.78 is 72.9. The quantitative estimate of drug-likeness (QED) is 0.731. The van der Waals surface area contributed by atoms with E-state index in [1.165, 1.54) is 7.11 Å². The van der Waals surface area contributed by atoms with Crippen molar-refractivity contribution >= 4 is 11.6 Å². The highest BCUT2D eigenvalue weighted by molar-refractivity contribution is 5.96. The van der Waals surface area contributed by atoms with Crippen molar-refractivity contribution in [3.05, 3.63) is 52.2 Å². The Kier molecular flexibility index (Phi) is 5.79. The average Bonchev–Trinajstić information content (AvgIpc) is 3.02. The van der Waals surface area contributed by atoms with Gasteiger partial charge in [0.15, 0.2) is 6.04 Å². The first kappa shape index (κ1) is 21.7. The molecule has 1 aliphatic rings. The van der Waals surface area contributed by atoms with E-state index in [-0.39, 0.29) is 28.8 Å². The third-order valence-electron chi connectivity index (χ3n) is 4.84. The summed E-state index contributed by atoms with van der Waals surface area (Å²) >= 11 is 0. The van der Waals surface area contributed by atoms with Crippen LogP contribution in [0.25, 0.3) is 0 Å². The third kappa shape index (κ3) is 3.86. The fraction of sp³-hybridized carbons (Fsp3) is 0.389. The molecule has 0 spiro atoms. The number of methoxy groups -OCH3 is 1. The van der Waals surface area contributed by atoms with Gasteiger partial charge in [0.05, 0.1) is 26.2 Å². The van der Waals surface area contributed by atoms with Crippen LogP contribution < -0.4 is 15.2 Å². The number of carbonyl (C=O) groups excluding carboxylic acids is 1. The molecule has 2 heterocycles. The molecule has 3 rings (SSSR count). The number of nitrogens with zero attached hydrogens (tertiary/aromatic N) is 3. The van der Waals surface area contributed by atoms with Crippen LogP contribution in [0.3, 0.4) is 0 Å². The van der Waals surface area contributed by atoms with Gasteiger partial charge in [-0.1, -0.05) is 0 Å². The van der Waals surface area contributed by atoms with E-state index in [0.717, 1.165) is 23.2 Å². The van der Waals surface area contributed by atoms with Crippen LogP contribution in [0.5, 0.6) is 5.75 Å². The van der Waals surface area contributed by atoms with Gasteiger partial charge in [-0.15, -0.1) is 0 Å². The van der Waals surface area contributed by atoms with E-state index in [2.05, 4.69) is 4.98 Å². The van der Waals surface area contributed by atoms with E-state index in [1.54, 1.807) is 0 Å². The second-order valence-corrected chi connectivity index (χ2v) is 6.64. The van der Waals surface area contributed by atoms with Gasteiger partial charge in [-0.2, -0.15) is 13.2 Å². The van der Waals surface area contributed by atoms with Gasteiger partial charge >= 0.3 is 6.18 Å². The molecule has 0 bridgehead atoms. The highest BCUT2D eigenvalue weighted by Gasteiger charge is 2.42. The first-order valence-electron chi connectivity index (χ1n) is 8.65. The van der Waals surface area contributed by atoms with Crippen LogP contribution in [-0.2, 0) is 4.79 Å². The molecule has 7 nitrogen and oxygen atoms in total. The number of aromatic nitrogens is 2. The van der Waals surface area contributed by atoms with Crippen LogP contribution in [0.1, 0.15) is 23.9 Å². The molecule has 162 valence electrons. The number of hydrogen-bond donors (Lipinski definition) is 1. The molecule has 12 heteroatoms. The summed E-state index contributed by atoms with van der Waals surface area (Å²) in [7, 11) is 1.22. The molecule has 2 aromatic rings. The number of alkyl halides is 3. The monoisotopic (exact) mass is 433 g/mol. The van der Waals surface area contributed by atoms with Crippen LogP contribution in [0.4, 0.5) is 27.6 Å². The minimum Gasteiger partial charge on any atom is -0.497 e. The molecule has 1 saturated heterocycles. The highest BCUT2D eigenvalue weighted by Crippen LogP contribution is 2.35. The number of aliphatic hydroxyl groups is 1. The Morgan fingerprint density at radius 2 is 1.90 bits per heavy atom. The molecular formula is C18H16F5N3O4. The van der Waals surface area contributed by atoms with Crippen molar-refractivity contribution in [2.45, 2.75) is 24.6 Å². The molecule has 30 heavy (non-hydrogen) atoms. The van der Waals surface area contributed by atoms with Crippen molar-refractivity contribution < 1.29 is 36.6 Å². The van der Waals surface area contributed by atoms with E-state index in [1.807, 2.05) is 0 Å². The Hall–Kier alpha value is -3.02. The van der Waals surface area contributed by atoms with Gasteiger partial charge in [0, 0.05) is 36.6 Å². The van der Waals surface area contributed by atoms with Gasteiger partial charge < -0.3 is 14.7 Å². The maximum Gasteiger partial charge on any atom is 0.411 e. The van der Waals surface area contributed by atoms with Crippen LogP contribution in [-0.4, -0.2) is 47.0 Å². The molecular weight excluding hydrogens is 417 g/mol. The summed E-state index contributed by atoms with van der Waals surface area (Å²) in [4.78, 5) is 29.4. The Bertz CT molecular complexity index is 1000. The smallest absolute Gasteiger partial charge is 0.411 e. The van der Waals surface area contributed by atoms with Crippen molar-refractivity contribution in [1.82, 2.24) is 9.55 Å². The van der Waals surface area contributed by atoms with Crippen molar-refractivity contribution in [2.24, 2.45) is 0 Å². The molecule has 2 atom stereocenters. The number of halogens is 5. The normalized spacial score (nSPS) is 18.0. The Labute approximate surface area is 166 Å². The zero-order valence-corrected chi connectivity index (χ0v) is 15.5. The van der Waals surface area contributed by atoms with Crippen molar-refractivity contribution in [2.75, 3.05) is 25.2 Å². The summed E-state index contributed by atoms with van der Waals surface area (Å²) in [6, 6.07) is -0.669. The molecule has 0 aliphatic carbocycles. The van der Waals surface area contributed by atoms with Gasteiger partial charge in [0.2, 0.25) is 5.91 Å². The number of benzene rings is 1. The molecule has 1 amide bonds. The van der Waals surface area contributed by atoms with Crippen LogP contribution in [0.15, 0.2) is 29.5 Å². The predicted molar refractivity (Wildman–Crippen MR) is 93.3 cm³/mol. The summed E-state index contributed by atoms with van der Waals surface area (Å²) in [6.45, 7) is -1.75. The first-order chi connectivity index (χ1) is 14.1. The minimum absolute atomic E-state index is 0.0627. The summed E-state index contributed by atoms with van der Waals surface area (Å²) in [6.07, 6.45) is -3.81. The minimum atomic E-state index is -4.94. The fourth-order valence-electron chi connectivity index (χ4n) is 3.37. The summed E-state index contributed by atoms with van der Waals surface area (Å²) in [5.74, 6) is -3.65. The Balaban J connectivity index is 1.97. The first-order valence-corrected chi connectivity index (χ1v) is 8.65. The van der Waals surface area contributed by atoms with E-state index < -0.39 is 53.5 Å². The lowest BCUT2D eigenvalue weighted by atomic mass is 9.97. The average molecular weight is 433 g/mol. The Morgan fingerprint density at radius 3 is 2.43 bits per heavy atom. The molecule has 1 aromatic heterocycles. The number of rotatable bonds is 5. The van der Waals surface area contributed by atoms with Gasteiger partial charge in [0.1, 0.15) is 23.1 Å². The Morgan fingerprint density at radius 1 is 1.27 bits per heavy atom. The lowest BCUT2D eigenvalue weighted by Crippen LogP contribution is -2.40. The number of amides is 1. The lowest BCUT2D eigenvalue weighted by molar-refractivity contribution is -0.177. The molecule has 1 fully saturated rings. The van der Waals surface area contributed by atoms with E-state index in [4.69, 9.17) is 9.84 Å². The highest BCUT2D eigenvalue weighted by atomic mass is 19.4. The van der Waals surface area contributed by atoms with Crippen LogP contribution >= 0.6 is 0 Å². The third-order valence-corrected chi connectivity index (χ3v) is 4.84. The second kappa shape index (κ2) is 8.01. The van der Waals surface area contributed by atoms with Gasteiger partial charge in [0.25, 0.3) is 5.56 Å². The zero-order valence-electron chi connectivity index (χ0n) is 15.5. The summed E-state index contributed by atoms with van der Waals surface area (Å²) in [5.41, 5.74) is -2.09. The molecule has 1 aromatic carbocycles. The van der Waals surface area contributed by atoms with Crippen LogP contribution in [0.2, 0.25) is 0 Å². The largest absolute Gasteiger partial charge is 0.497 e. The van der Waals surface area contributed by atoms with Crippen molar-refractivity contribution in [3.8, 4) is 5.75 Å². The van der Waals surface area contributed by atoms with Crippen molar-refractivity contribution in [1.29, 1.82) is 0 Å². The topological polar surface area (TPSA) is 84.7 Å². The van der Waals surface area contributed by atoms with Gasteiger partial charge in [-0.05, 0) is 0 Å². The zero-order chi connectivity index (χ0) is 22.2. The fourth-order valence-corrected chi connectivity index (χ4v) is 3.37. The van der Waals surface area contributed by atoms with E-state index in [9.17, 15) is 31.5 Å². The molecule has 1 N–H and O–H groups in total. The molecule has 0 saturated carbocycles. The number of aliphatic hydroxyl groups excluding tert-OH is 1. The van der Waals surface area contributed by atoms with Crippen molar-refractivity contribution in [3.63, 3.8) is 0 Å².